The van der Waals surface area contributed by atoms with Crippen LogP contribution in [0, 0.1) is 0 Å². The molecule has 1 atom stereocenters. The maximum absolute atomic E-state index is 5.87. The highest BCUT2D eigenvalue weighted by molar-refractivity contribution is 7.19. The Labute approximate surface area is 178 Å². The number of aromatic amines is 1. The van der Waals surface area contributed by atoms with E-state index < -0.39 is 0 Å². The van der Waals surface area contributed by atoms with Crippen molar-refractivity contribution in [3.8, 4) is 10.6 Å². The van der Waals surface area contributed by atoms with Gasteiger partial charge in [0.15, 0.2) is 10.9 Å². The van der Waals surface area contributed by atoms with Crippen LogP contribution in [0.15, 0.2) is 41.2 Å². The van der Waals surface area contributed by atoms with Gasteiger partial charge in [-0.05, 0) is 18.1 Å². The fraction of sp³-hybridized carbons (Fsp3) is 0.391. The lowest BCUT2D eigenvalue weighted by Gasteiger charge is -2.35. The molecule has 1 fully saturated rings. The maximum Gasteiger partial charge on any atom is 0.186 e. The Morgan fingerprint density at radius 2 is 2.20 bits per heavy atom. The van der Waals surface area contributed by atoms with Crippen LogP contribution in [0.5, 0.6) is 0 Å². The van der Waals surface area contributed by atoms with Gasteiger partial charge in [-0.2, -0.15) is 0 Å². The fourth-order valence-corrected chi connectivity index (χ4v) is 5.96. The molecule has 0 radical (unpaired) electrons. The number of morpholine rings is 1. The first-order valence-electron chi connectivity index (χ1n) is 10.4. The summed E-state index contributed by atoms with van der Waals surface area (Å²) in [4.78, 5) is 12.0. The van der Waals surface area contributed by atoms with Crippen molar-refractivity contribution in [3.05, 3.63) is 53.5 Å². The normalized spacial score (nSPS) is 20.3. The number of nitrogens with one attached hydrogen (secondary N) is 1. The minimum Gasteiger partial charge on any atom is -0.377 e. The van der Waals surface area contributed by atoms with Crippen molar-refractivity contribution < 1.29 is 9.26 Å². The first kappa shape index (κ1) is 18.2. The van der Waals surface area contributed by atoms with Gasteiger partial charge in [0.05, 0.1) is 36.0 Å². The van der Waals surface area contributed by atoms with Crippen molar-refractivity contribution in [2.24, 2.45) is 0 Å². The highest BCUT2D eigenvalue weighted by Crippen LogP contribution is 2.47. The minimum absolute atomic E-state index is 0.0118. The number of anilines is 1. The number of thiazole rings is 1. The number of ether oxygens (including phenoxy) is 1. The molecule has 1 aliphatic carbocycles. The van der Waals surface area contributed by atoms with Crippen LogP contribution in [0.3, 0.4) is 0 Å². The van der Waals surface area contributed by atoms with Crippen molar-refractivity contribution in [1.82, 2.24) is 15.1 Å². The Balaban J connectivity index is 1.35. The van der Waals surface area contributed by atoms with Gasteiger partial charge in [0.2, 0.25) is 0 Å². The molecule has 7 heteroatoms. The smallest absolute Gasteiger partial charge is 0.186 e. The van der Waals surface area contributed by atoms with E-state index in [0.29, 0.717) is 6.61 Å². The molecule has 1 aliphatic heterocycles. The number of benzene rings is 1. The Morgan fingerprint density at radius 1 is 1.30 bits per heavy atom. The van der Waals surface area contributed by atoms with Crippen LogP contribution in [0.2, 0.25) is 0 Å². The molecule has 154 valence electrons. The molecule has 3 aromatic heterocycles. The molecule has 2 aliphatic rings. The summed E-state index contributed by atoms with van der Waals surface area (Å²) < 4.78 is 11.5. The number of rotatable bonds is 3. The maximum atomic E-state index is 5.87. The third kappa shape index (κ3) is 2.80. The van der Waals surface area contributed by atoms with E-state index in [0.717, 1.165) is 47.5 Å². The molecule has 0 unspecified atom stereocenters. The minimum atomic E-state index is -0.0118. The number of hydrogen-bond donors (Lipinski definition) is 1. The van der Waals surface area contributed by atoms with Crippen LogP contribution in [0.4, 0.5) is 5.13 Å². The van der Waals surface area contributed by atoms with Gasteiger partial charge in [-0.3, -0.25) is 0 Å². The summed E-state index contributed by atoms with van der Waals surface area (Å²) in [5.74, 6) is 0.895. The van der Waals surface area contributed by atoms with Gasteiger partial charge in [-0.1, -0.05) is 48.5 Å². The highest BCUT2D eigenvalue weighted by atomic mass is 32.1. The van der Waals surface area contributed by atoms with E-state index in [1.165, 1.54) is 22.0 Å². The van der Waals surface area contributed by atoms with E-state index in [-0.39, 0.29) is 11.5 Å². The lowest BCUT2D eigenvalue weighted by Crippen LogP contribution is -2.46. The van der Waals surface area contributed by atoms with Gasteiger partial charge in [-0.15, -0.1) is 0 Å². The summed E-state index contributed by atoms with van der Waals surface area (Å²) in [7, 11) is 0. The Morgan fingerprint density at radius 3 is 3.13 bits per heavy atom. The van der Waals surface area contributed by atoms with Crippen molar-refractivity contribution in [3.63, 3.8) is 0 Å². The molecule has 0 amide bonds. The molecule has 1 N–H and O–H groups in total. The SMILES string of the molecule is CC1(C)Cc2nc(N3CCOC[C@@H]3Cc3c[nH]c4ccccc34)sc2-c2oncc21. The molecule has 6 rings (SSSR count). The van der Waals surface area contributed by atoms with Crippen LogP contribution >= 0.6 is 11.3 Å². The number of hydrogen-bond acceptors (Lipinski definition) is 6. The zero-order valence-electron chi connectivity index (χ0n) is 17.1. The summed E-state index contributed by atoms with van der Waals surface area (Å²) in [6.45, 7) is 6.77. The number of fused-ring (bicyclic) bond motifs is 4. The van der Waals surface area contributed by atoms with Gasteiger partial charge < -0.3 is 19.1 Å². The van der Waals surface area contributed by atoms with Crippen LogP contribution < -0.4 is 4.90 Å². The van der Waals surface area contributed by atoms with E-state index in [1.54, 1.807) is 11.3 Å². The Kier molecular flexibility index (Phi) is 4.05. The molecule has 1 aromatic carbocycles. The van der Waals surface area contributed by atoms with Crippen LogP contribution in [0.1, 0.15) is 30.7 Å². The summed E-state index contributed by atoms with van der Waals surface area (Å²) in [5, 5.41) is 6.43. The van der Waals surface area contributed by atoms with E-state index >= 15 is 0 Å². The molecule has 0 saturated carbocycles. The van der Waals surface area contributed by atoms with Crippen molar-refractivity contribution in [2.75, 3.05) is 24.7 Å². The predicted molar refractivity (Wildman–Crippen MR) is 118 cm³/mol. The quantitative estimate of drug-likeness (QED) is 0.526. The van der Waals surface area contributed by atoms with Crippen LogP contribution in [-0.2, 0) is 23.0 Å². The molecule has 4 heterocycles. The molecule has 6 nitrogen and oxygen atoms in total. The number of aromatic nitrogens is 3. The largest absolute Gasteiger partial charge is 0.377 e. The summed E-state index contributed by atoms with van der Waals surface area (Å²) >= 11 is 1.73. The van der Waals surface area contributed by atoms with E-state index in [1.807, 2.05) is 6.20 Å². The van der Waals surface area contributed by atoms with E-state index in [9.17, 15) is 0 Å². The molecule has 0 spiro atoms. The second kappa shape index (κ2) is 6.68. The monoisotopic (exact) mass is 420 g/mol. The summed E-state index contributed by atoms with van der Waals surface area (Å²) in [6, 6.07) is 8.73. The van der Waals surface area contributed by atoms with Gasteiger partial charge in [-0.25, -0.2) is 4.98 Å². The second-order valence-corrected chi connectivity index (χ2v) is 9.86. The standard InChI is InChI=1S/C23H24N4O2S/c1-23(2)10-19-21(20-17(23)12-25-29-20)30-22(26-19)27-7-8-28-13-15(27)9-14-11-24-18-6-4-3-5-16(14)18/h3-6,11-12,15,24H,7-10,13H2,1-2H3/t15-/m0/s1. The van der Waals surface area contributed by atoms with Crippen molar-refractivity contribution >= 4 is 27.4 Å². The predicted octanol–water partition coefficient (Wildman–Crippen LogP) is 4.56. The Hall–Kier alpha value is -2.64. The summed E-state index contributed by atoms with van der Waals surface area (Å²) in [6.07, 6.45) is 5.83. The second-order valence-electron chi connectivity index (χ2n) is 8.89. The summed E-state index contributed by atoms with van der Waals surface area (Å²) in [5.41, 5.74) is 4.80. The Bertz CT molecular complexity index is 1220. The zero-order chi connectivity index (χ0) is 20.3. The topological polar surface area (TPSA) is 67.2 Å². The van der Waals surface area contributed by atoms with Gasteiger partial charge in [0, 0.05) is 41.0 Å². The van der Waals surface area contributed by atoms with Crippen LogP contribution in [-0.4, -0.2) is 40.9 Å². The number of para-hydroxylation sites is 1. The molecule has 30 heavy (non-hydrogen) atoms. The van der Waals surface area contributed by atoms with Crippen molar-refractivity contribution in [2.45, 2.75) is 38.1 Å². The molecular formula is C23H24N4O2S. The number of nitrogens with zero attached hydrogens (tertiary/aromatic N) is 3. The highest BCUT2D eigenvalue weighted by Gasteiger charge is 2.38. The first-order chi connectivity index (χ1) is 14.6. The molecular weight excluding hydrogens is 396 g/mol. The van der Waals surface area contributed by atoms with Gasteiger partial charge in [0.1, 0.15) is 0 Å². The first-order valence-corrected chi connectivity index (χ1v) is 11.3. The van der Waals surface area contributed by atoms with Gasteiger partial charge in [0.25, 0.3) is 0 Å². The number of H-pyrrole nitrogens is 1. The third-order valence-electron chi connectivity index (χ3n) is 6.40. The average Bonchev–Trinajstić information content (AvgIpc) is 3.47. The fourth-order valence-electron chi connectivity index (χ4n) is 4.79. The third-order valence-corrected chi connectivity index (χ3v) is 7.54. The average molecular weight is 421 g/mol. The molecule has 0 bridgehead atoms. The molecule has 1 saturated heterocycles. The van der Waals surface area contributed by atoms with E-state index in [2.05, 4.69) is 59.4 Å². The lowest BCUT2D eigenvalue weighted by atomic mass is 9.77. The zero-order valence-corrected chi connectivity index (χ0v) is 18.0. The van der Waals surface area contributed by atoms with Crippen molar-refractivity contribution in [1.29, 1.82) is 0 Å². The lowest BCUT2D eigenvalue weighted by molar-refractivity contribution is 0.0941. The van der Waals surface area contributed by atoms with Gasteiger partial charge >= 0.3 is 0 Å². The van der Waals surface area contributed by atoms with Crippen LogP contribution in [0.25, 0.3) is 21.5 Å². The van der Waals surface area contributed by atoms with E-state index in [4.69, 9.17) is 14.2 Å². The molecule has 4 aromatic rings.